The molecule has 144 valence electrons. The van der Waals surface area contributed by atoms with Crippen LogP contribution >= 0.6 is 0 Å². The first-order valence-electron chi connectivity index (χ1n) is 9.41. The highest BCUT2D eigenvalue weighted by molar-refractivity contribution is 5.84. The lowest BCUT2D eigenvalue weighted by Crippen LogP contribution is -2.40. The van der Waals surface area contributed by atoms with Gasteiger partial charge in [0.1, 0.15) is 6.04 Å². The molecule has 0 spiro atoms. The Bertz CT molecular complexity index is 951. The Morgan fingerprint density at radius 2 is 1.57 bits per heavy atom. The van der Waals surface area contributed by atoms with Gasteiger partial charge in [-0.25, -0.2) is 0 Å². The Morgan fingerprint density at radius 3 is 2.21 bits per heavy atom. The Balaban J connectivity index is 1.64. The number of amides is 1. The summed E-state index contributed by atoms with van der Waals surface area (Å²) in [6.07, 6.45) is 4.69. The van der Waals surface area contributed by atoms with E-state index in [4.69, 9.17) is 9.47 Å². The fourth-order valence-electron chi connectivity index (χ4n) is 3.84. The van der Waals surface area contributed by atoms with Crippen molar-refractivity contribution in [3.05, 3.63) is 83.7 Å². The fourth-order valence-corrected chi connectivity index (χ4v) is 3.84. The zero-order valence-electron chi connectivity index (χ0n) is 16.2. The second-order valence-corrected chi connectivity index (χ2v) is 6.93. The highest BCUT2D eigenvalue weighted by atomic mass is 16.5. The predicted molar refractivity (Wildman–Crippen MR) is 108 cm³/mol. The summed E-state index contributed by atoms with van der Waals surface area (Å²) in [6, 6.07) is 17.5. The van der Waals surface area contributed by atoms with E-state index in [-0.39, 0.29) is 11.9 Å². The Labute approximate surface area is 165 Å². The quantitative estimate of drug-likeness (QED) is 0.682. The van der Waals surface area contributed by atoms with Gasteiger partial charge in [-0.15, -0.1) is 0 Å². The molecule has 1 unspecified atom stereocenters. The molecule has 0 saturated heterocycles. The van der Waals surface area contributed by atoms with E-state index in [0.29, 0.717) is 18.8 Å². The summed E-state index contributed by atoms with van der Waals surface area (Å²) >= 11 is 0. The molecule has 0 bridgehead atoms. The molecule has 0 saturated carbocycles. The smallest absolute Gasteiger partial charge is 0.250 e. The van der Waals surface area contributed by atoms with E-state index in [9.17, 15) is 4.79 Å². The zero-order chi connectivity index (χ0) is 19.5. The highest BCUT2D eigenvalue weighted by Crippen LogP contribution is 2.34. The second-order valence-electron chi connectivity index (χ2n) is 6.93. The molecule has 0 aliphatic carbocycles. The van der Waals surface area contributed by atoms with Gasteiger partial charge in [-0.1, -0.05) is 30.3 Å². The van der Waals surface area contributed by atoms with Crippen LogP contribution in [0.3, 0.4) is 0 Å². The van der Waals surface area contributed by atoms with E-state index in [1.165, 1.54) is 5.56 Å². The Hall–Kier alpha value is -3.21. The molecule has 1 aliphatic rings. The van der Waals surface area contributed by atoms with Gasteiger partial charge in [0.25, 0.3) is 5.91 Å². The van der Waals surface area contributed by atoms with Crippen LogP contribution in [0, 0.1) is 0 Å². The van der Waals surface area contributed by atoms with Gasteiger partial charge in [-0.2, -0.15) is 0 Å². The molecule has 1 atom stereocenters. The average molecular weight is 376 g/mol. The van der Waals surface area contributed by atoms with Crippen molar-refractivity contribution in [2.24, 2.45) is 0 Å². The van der Waals surface area contributed by atoms with Crippen LogP contribution in [0.4, 0.5) is 0 Å². The second kappa shape index (κ2) is 7.80. The minimum atomic E-state index is -0.363. The van der Waals surface area contributed by atoms with E-state index in [2.05, 4.69) is 0 Å². The van der Waals surface area contributed by atoms with Gasteiger partial charge in [-0.3, -0.25) is 4.79 Å². The van der Waals surface area contributed by atoms with Crippen LogP contribution in [0.5, 0.6) is 11.5 Å². The SMILES string of the molecule is COc1cc2c(cc1OC)CN(C(=O)C(c1ccccc1)n1cccc1)CC2. The molecule has 1 amide bonds. The maximum absolute atomic E-state index is 13.5. The summed E-state index contributed by atoms with van der Waals surface area (Å²) in [7, 11) is 3.28. The lowest BCUT2D eigenvalue weighted by Gasteiger charge is -2.33. The van der Waals surface area contributed by atoms with Crippen LogP contribution in [0.15, 0.2) is 67.0 Å². The number of hydrogen-bond donors (Lipinski definition) is 0. The third-order valence-corrected chi connectivity index (χ3v) is 5.30. The lowest BCUT2D eigenvalue weighted by atomic mass is 9.97. The number of carbonyl (C=O) groups excluding carboxylic acids is 1. The maximum atomic E-state index is 13.5. The van der Waals surface area contributed by atoms with Crippen LogP contribution in [0.1, 0.15) is 22.7 Å². The van der Waals surface area contributed by atoms with Crippen LogP contribution in [-0.2, 0) is 17.8 Å². The number of benzene rings is 2. The van der Waals surface area contributed by atoms with Crippen LogP contribution in [0.25, 0.3) is 0 Å². The average Bonchev–Trinajstić information content (AvgIpc) is 3.27. The van der Waals surface area contributed by atoms with Crippen molar-refractivity contribution in [2.45, 2.75) is 19.0 Å². The fraction of sp³-hybridized carbons (Fsp3) is 0.261. The Morgan fingerprint density at radius 1 is 0.929 bits per heavy atom. The number of fused-ring (bicyclic) bond motifs is 1. The van der Waals surface area contributed by atoms with Gasteiger partial charge in [-0.05, 0) is 47.4 Å². The lowest BCUT2D eigenvalue weighted by molar-refractivity contribution is -0.134. The molecule has 0 radical (unpaired) electrons. The van der Waals surface area contributed by atoms with Gasteiger partial charge >= 0.3 is 0 Å². The zero-order valence-corrected chi connectivity index (χ0v) is 16.2. The van der Waals surface area contributed by atoms with Crippen molar-refractivity contribution in [3.8, 4) is 11.5 Å². The van der Waals surface area contributed by atoms with Gasteiger partial charge in [0.15, 0.2) is 11.5 Å². The summed E-state index contributed by atoms with van der Waals surface area (Å²) in [5.41, 5.74) is 3.30. The minimum Gasteiger partial charge on any atom is -0.493 e. The molecule has 0 N–H and O–H groups in total. The molecule has 2 aromatic carbocycles. The van der Waals surface area contributed by atoms with Gasteiger partial charge in [0, 0.05) is 25.5 Å². The first kappa shape index (κ1) is 18.2. The van der Waals surface area contributed by atoms with Crippen molar-refractivity contribution >= 4 is 5.91 Å². The first-order valence-corrected chi connectivity index (χ1v) is 9.41. The molecule has 1 aromatic heterocycles. The number of ether oxygens (including phenoxy) is 2. The molecule has 0 fully saturated rings. The largest absolute Gasteiger partial charge is 0.493 e. The number of rotatable bonds is 5. The number of hydrogen-bond acceptors (Lipinski definition) is 3. The summed E-state index contributed by atoms with van der Waals surface area (Å²) in [5, 5.41) is 0. The molecule has 2 heterocycles. The molecule has 5 nitrogen and oxygen atoms in total. The normalized spacial score (nSPS) is 14.3. The standard InChI is InChI=1S/C23H24N2O3/c1-27-20-14-18-10-13-25(16-19(18)15-21(20)28-2)23(26)22(24-11-6-7-12-24)17-8-4-3-5-9-17/h3-9,11-12,14-15,22H,10,13,16H2,1-2H3. The number of nitrogens with zero attached hydrogens (tertiary/aromatic N) is 2. The van der Waals surface area contributed by atoms with E-state index in [0.717, 1.165) is 23.3 Å². The van der Waals surface area contributed by atoms with Crippen molar-refractivity contribution in [3.63, 3.8) is 0 Å². The third-order valence-electron chi connectivity index (χ3n) is 5.30. The number of methoxy groups -OCH3 is 2. The molecule has 1 aliphatic heterocycles. The van der Waals surface area contributed by atoms with Crippen LogP contribution in [-0.4, -0.2) is 36.1 Å². The van der Waals surface area contributed by atoms with Gasteiger partial charge in [0.2, 0.25) is 0 Å². The van der Waals surface area contributed by atoms with Crippen LogP contribution in [0.2, 0.25) is 0 Å². The monoisotopic (exact) mass is 376 g/mol. The molecule has 3 aromatic rings. The van der Waals surface area contributed by atoms with E-state index < -0.39 is 0 Å². The Kier molecular flexibility index (Phi) is 5.06. The predicted octanol–water partition coefficient (Wildman–Crippen LogP) is 3.68. The third kappa shape index (κ3) is 3.36. The van der Waals surface area contributed by atoms with Gasteiger partial charge < -0.3 is 18.9 Å². The van der Waals surface area contributed by atoms with Crippen molar-refractivity contribution < 1.29 is 14.3 Å². The minimum absolute atomic E-state index is 0.0998. The topological polar surface area (TPSA) is 43.7 Å². The summed E-state index contributed by atoms with van der Waals surface area (Å²) in [4.78, 5) is 15.5. The molecule has 4 rings (SSSR count). The molecular weight excluding hydrogens is 352 g/mol. The number of aromatic nitrogens is 1. The van der Waals surface area contributed by atoms with Crippen molar-refractivity contribution in [1.29, 1.82) is 0 Å². The van der Waals surface area contributed by atoms with Crippen molar-refractivity contribution in [2.75, 3.05) is 20.8 Å². The first-order chi connectivity index (χ1) is 13.7. The summed E-state index contributed by atoms with van der Waals surface area (Å²) < 4.78 is 12.8. The maximum Gasteiger partial charge on any atom is 0.250 e. The van der Waals surface area contributed by atoms with E-state index in [1.807, 2.05) is 76.5 Å². The molecule has 5 heteroatoms. The van der Waals surface area contributed by atoms with Crippen molar-refractivity contribution in [1.82, 2.24) is 9.47 Å². The summed E-state index contributed by atoms with van der Waals surface area (Å²) in [6.45, 7) is 1.26. The van der Waals surface area contributed by atoms with Crippen LogP contribution < -0.4 is 9.47 Å². The van der Waals surface area contributed by atoms with E-state index >= 15 is 0 Å². The van der Waals surface area contributed by atoms with Gasteiger partial charge in [0.05, 0.1) is 14.2 Å². The number of carbonyl (C=O) groups is 1. The highest BCUT2D eigenvalue weighted by Gasteiger charge is 2.30. The van der Waals surface area contributed by atoms with E-state index in [1.54, 1.807) is 14.2 Å². The molecule has 28 heavy (non-hydrogen) atoms. The summed E-state index contributed by atoms with van der Waals surface area (Å²) in [5.74, 6) is 1.53. The molecular formula is C23H24N2O3.